The van der Waals surface area contributed by atoms with E-state index in [1.165, 1.54) is 35.4 Å². The summed E-state index contributed by atoms with van der Waals surface area (Å²) in [6, 6.07) is 3.91. The van der Waals surface area contributed by atoms with Crippen molar-refractivity contribution in [1.29, 1.82) is 0 Å². The molecule has 0 spiro atoms. The quantitative estimate of drug-likeness (QED) is 0.391. The number of benzene rings is 1. The largest absolute Gasteiger partial charge is 0.422 e. The topological polar surface area (TPSA) is 144 Å². The van der Waals surface area contributed by atoms with Crippen molar-refractivity contribution in [3.05, 3.63) is 53.5 Å². The van der Waals surface area contributed by atoms with Crippen LogP contribution in [0.2, 0.25) is 5.02 Å². The van der Waals surface area contributed by atoms with E-state index >= 15 is 0 Å². The van der Waals surface area contributed by atoms with Gasteiger partial charge in [-0.05, 0) is 18.2 Å². The van der Waals surface area contributed by atoms with Gasteiger partial charge in [-0.25, -0.2) is 19.3 Å². The fraction of sp³-hybridized carbons (Fsp3) is 0.381. The molecule has 0 unspecified atom stereocenters. The van der Waals surface area contributed by atoms with E-state index in [1.54, 1.807) is 0 Å². The minimum absolute atomic E-state index is 0.0614. The van der Waals surface area contributed by atoms with Crippen molar-refractivity contribution in [2.45, 2.75) is 50.7 Å². The predicted molar refractivity (Wildman–Crippen MR) is 118 cm³/mol. The highest BCUT2D eigenvalue weighted by atomic mass is 35.5. The normalized spacial score (nSPS) is 23.0. The van der Waals surface area contributed by atoms with Crippen LogP contribution in [0.15, 0.2) is 35.3 Å². The number of ether oxygens (including phenoxy) is 1. The van der Waals surface area contributed by atoms with Crippen molar-refractivity contribution in [2.75, 3.05) is 5.32 Å². The van der Waals surface area contributed by atoms with Crippen molar-refractivity contribution < 1.29 is 23.8 Å². The van der Waals surface area contributed by atoms with E-state index in [1.807, 2.05) is 20.8 Å². The fourth-order valence-corrected chi connectivity index (χ4v) is 3.81. The van der Waals surface area contributed by atoms with E-state index in [9.17, 15) is 14.6 Å². The van der Waals surface area contributed by atoms with Crippen LogP contribution in [-0.4, -0.2) is 52.1 Å². The van der Waals surface area contributed by atoms with Gasteiger partial charge in [0.2, 0.25) is 11.8 Å². The molecule has 4 aromatic rings. The number of imidazole rings is 1. The van der Waals surface area contributed by atoms with Crippen LogP contribution in [0.5, 0.6) is 0 Å². The Hall–Kier alpha value is -3.19. The lowest BCUT2D eigenvalue weighted by molar-refractivity contribution is -0.0441. The van der Waals surface area contributed by atoms with Crippen molar-refractivity contribution >= 4 is 34.3 Å². The maximum absolute atomic E-state index is 13.4. The molecule has 0 aliphatic carbocycles. The maximum Gasteiger partial charge on any atom is 0.248 e. The van der Waals surface area contributed by atoms with E-state index in [2.05, 4.69) is 30.5 Å². The summed E-state index contributed by atoms with van der Waals surface area (Å²) in [5, 5.41) is 32.6. The molecule has 11 nitrogen and oxygen atoms in total. The zero-order valence-electron chi connectivity index (χ0n) is 18.3. The number of nitrogens with zero attached hydrogens (tertiary/aromatic N) is 6. The standard InChI is InChI=1S/C21H21ClFN7O4/c1-21(2,3)20-29-28-18(34-20)15-13(31)14(32)19(33-15)30-8-26-12-16(24-7-25-17(12)30)27-11-5-4-9(23)6-10(11)22/h4-8,13-15,19,31-32H,1-3H3,(H,24,25,27)/t13-,14+,15-,19+/m0/s1. The van der Waals surface area contributed by atoms with Gasteiger partial charge in [0.25, 0.3) is 0 Å². The third-order valence-electron chi connectivity index (χ3n) is 5.38. The summed E-state index contributed by atoms with van der Waals surface area (Å²) in [4.78, 5) is 12.8. The SMILES string of the molecule is CC(C)(C)c1nnc([C@H]2O[C@@H](n3cnc4c(Nc5ccc(F)cc5Cl)ncnc43)[C@H](O)[C@@H]2O)o1. The van der Waals surface area contributed by atoms with Crippen molar-refractivity contribution in [1.82, 2.24) is 29.7 Å². The van der Waals surface area contributed by atoms with Crippen LogP contribution in [0, 0.1) is 5.82 Å². The number of halogens is 2. The Bertz CT molecular complexity index is 1350. The van der Waals surface area contributed by atoms with E-state index in [0.29, 0.717) is 28.6 Å². The van der Waals surface area contributed by atoms with Crippen LogP contribution in [0.4, 0.5) is 15.9 Å². The molecule has 178 valence electrons. The Labute approximate surface area is 197 Å². The first-order chi connectivity index (χ1) is 16.1. The lowest BCUT2D eigenvalue weighted by Gasteiger charge is -2.16. The second kappa shape index (κ2) is 8.24. The monoisotopic (exact) mass is 489 g/mol. The average molecular weight is 490 g/mol. The summed E-state index contributed by atoms with van der Waals surface area (Å²) in [5.41, 5.74) is 0.718. The molecule has 3 aromatic heterocycles. The summed E-state index contributed by atoms with van der Waals surface area (Å²) in [5.74, 6) is 0.288. The van der Waals surface area contributed by atoms with E-state index in [0.717, 1.165) is 0 Å². The zero-order valence-corrected chi connectivity index (χ0v) is 19.1. The number of aromatic nitrogens is 6. The van der Waals surface area contributed by atoms with Crippen molar-refractivity contribution in [3.8, 4) is 0 Å². The summed E-state index contributed by atoms with van der Waals surface area (Å²) >= 11 is 6.11. The minimum Gasteiger partial charge on any atom is -0.422 e. The van der Waals surface area contributed by atoms with Gasteiger partial charge in [-0.2, -0.15) is 0 Å². The van der Waals surface area contributed by atoms with Gasteiger partial charge < -0.3 is 24.7 Å². The van der Waals surface area contributed by atoms with Gasteiger partial charge in [0, 0.05) is 5.41 Å². The molecule has 1 aliphatic heterocycles. The Balaban J connectivity index is 1.45. The molecule has 1 aromatic carbocycles. The van der Waals surface area contributed by atoms with Crippen LogP contribution < -0.4 is 5.32 Å². The Morgan fingerprint density at radius 3 is 2.62 bits per heavy atom. The second-order valence-corrected chi connectivity index (χ2v) is 9.33. The highest BCUT2D eigenvalue weighted by molar-refractivity contribution is 6.33. The zero-order chi connectivity index (χ0) is 24.2. The summed E-state index contributed by atoms with van der Waals surface area (Å²) in [6.07, 6.45) is -2.03. The van der Waals surface area contributed by atoms with Gasteiger partial charge in [0.15, 0.2) is 29.3 Å². The van der Waals surface area contributed by atoms with E-state index < -0.39 is 30.4 Å². The molecule has 0 amide bonds. The lowest BCUT2D eigenvalue weighted by atomic mass is 9.97. The lowest BCUT2D eigenvalue weighted by Crippen LogP contribution is -2.29. The van der Waals surface area contributed by atoms with Gasteiger partial charge in [-0.15, -0.1) is 10.2 Å². The minimum atomic E-state index is -1.33. The predicted octanol–water partition coefficient (Wildman–Crippen LogP) is 3.03. The molecule has 1 fully saturated rings. The van der Waals surface area contributed by atoms with E-state index in [4.69, 9.17) is 20.8 Å². The first kappa shape index (κ1) is 22.6. The molecule has 3 N–H and O–H groups in total. The van der Waals surface area contributed by atoms with Gasteiger partial charge in [0.05, 0.1) is 17.0 Å². The molecule has 1 aliphatic rings. The van der Waals surface area contributed by atoms with Crippen LogP contribution in [0.1, 0.15) is 44.9 Å². The maximum atomic E-state index is 13.4. The average Bonchev–Trinajstić information content (AvgIpc) is 3.49. The molecule has 0 bridgehead atoms. The Morgan fingerprint density at radius 1 is 1.12 bits per heavy atom. The molecule has 4 atom stereocenters. The summed E-state index contributed by atoms with van der Waals surface area (Å²) < 4.78 is 26.5. The Kier molecular flexibility index (Phi) is 5.47. The smallest absolute Gasteiger partial charge is 0.248 e. The summed E-state index contributed by atoms with van der Waals surface area (Å²) in [6.45, 7) is 5.74. The first-order valence-electron chi connectivity index (χ1n) is 10.4. The number of aliphatic hydroxyl groups is 2. The van der Waals surface area contributed by atoms with Crippen LogP contribution in [0.25, 0.3) is 11.2 Å². The van der Waals surface area contributed by atoms with Gasteiger partial charge in [-0.3, -0.25) is 4.57 Å². The molecule has 5 rings (SSSR count). The first-order valence-corrected chi connectivity index (χ1v) is 10.8. The second-order valence-electron chi connectivity index (χ2n) is 8.92. The van der Waals surface area contributed by atoms with Gasteiger partial charge in [-0.1, -0.05) is 32.4 Å². The van der Waals surface area contributed by atoms with Gasteiger partial charge in [0.1, 0.15) is 24.4 Å². The highest BCUT2D eigenvalue weighted by Gasteiger charge is 2.48. The van der Waals surface area contributed by atoms with Crippen molar-refractivity contribution in [3.63, 3.8) is 0 Å². The number of hydrogen-bond donors (Lipinski definition) is 3. The molecule has 1 saturated heterocycles. The van der Waals surface area contributed by atoms with Crippen LogP contribution >= 0.6 is 11.6 Å². The molecular weight excluding hydrogens is 469 g/mol. The molecule has 34 heavy (non-hydrogen) atoms. The number of anilines is 2. The number of fused-ring (bicyclic) bond motifs is 1. The number of rotatable bonds is 4. The van der Waals surface area contributed by atoms with Crippen LogP contribution in [-0.2, 0) is 10.2 Å². The highest BCUT2D eigenvalue weighted by Crippen LogP contribution is 2.40. The fourth-order valence-electron chi connectivity index (χ4n) is 3.59. The third kappa shape index (κ3) is 3.88. The molecule has 0 radical (unpaired) electrons. The molecule has 0 saturated carbocycles. The molecular formula is C21H21ClFN7O4. The number of nitrogens with one attached hydrogen (secondary N) is 1. The third-order valence-corrected chi connectivity index (χ3v) is 5.69. The molecule has 13 heteroatoms. The summed E-state index contributed by atoms with van der Waals surface area (Å²) in [7, 11) is 0. The van der Waals surface area contributed by atoms with E-state index in [-0.39, 0.29) is 16.3 Å². The number of aliphatic hydroxyl groups excluding tert-OH is 2. The Morgan fingerprint density at radius 2 is 1.91 bits per heavy atom. The number of hydrogen-bond acceptors (Lipinski definition) is 10. The molecule has 4 heterocycles. The van der Waals surface area contributed by atoms with Crippen molar-refractivity contribution in [2.24, 2.45) is 0 Å². The van der Waals surface area contributed by atoms with Gasteiger partial charge >= 0.3 is 0 Å². The van der Waals surface area contributed by atoms with Crippen LogP contribution in [0.3, 0.4) is 0 Å².